The van der Waals surface area contributed by atoms with Crippen molar-refractivity contribution in [3.05, 3.63) is 16.5 Å². The maximum atomic E-state index is 4.70. The summed E-state index contributed by atoms with van der Waals surface area (Å²) in [6, 6.07) is 2.03. The van der Waals surface area contributed by atoms with Gasteiger partial charge in [-0.15, -0.1) is 0 Å². The fraction of sp³-hybridized carbons (Fsp3) is 0.733. The van der Waals surface area contributed by atoms with Crippen LogP contribution in [0.3, 0.4) is 0 Å². The third-order valence-electron chi connectivity index (χ3n) is 3.75. The quantitative estimate of drug-likeness (QED) is 0.791. The summed E-state index contributed by atoms with van der Waals surface area (Å²) < 4.78 is 0.893. The second-order valence-electron chi connectivity index (χ2n) is 6.36. The zero-order chi connectivity index (χ0) is 14.8. The highest BCUT2D eigenvalue weighted by atomic mass is 79.9. The van der Waals surface area contributed by atoms with Crippen molar-refractivity contribution in [2.24, 2.45) is 0 Å². The van der Waals surface area contributed by atoms with E-state index in [0.717, 1.165) is 55.3 Å². The van der Waals surface area contributed by atoms with Gasteiger partial charge < -0.3 is 4.90 Å². The molecule has 0 amide bonds. The summed E-state index contributed by atoms with van der Waals surface area (Å²) in [6.45, 7) is 13.3. The minimum atomic E-state index is 0.256. The first-order valence-electron chi connectivity index (χ1n) is 7.43. The predicted octanol–water partition coefficient (Wildman–Crippen LogP) is 3.11. The van der Waals surface area contributed by atoms with E-state index in [1.807, 2.05) is 6.07 Å². The van der Waals surface area contributed by atoms with Gasteiger partial charge in [-0.3, -0.25) is 4.90 Å². The van der Waals surface area contributed by atoms with Crippen LogP contribution < -0.4 is 4.90 Å². The van der Waals surface area contributed by atoms with Crippen molar-refractivity contribution in [2.45, 2.75) is 46.1 Å². The average Bonchev–Trinajstić information content (AvgIpc) is 2.37. The molecule has 0 N–H and O–H groups in total. The van der Waals surface area contributed by atoms with Gasteiger partial charge >= 0.3 is 0 Å². The van der Waals surface area contributed by atoms with Gasteiger partial charge in [0.1, 0.15) is 16.2 Å². The molecular formula is C15H25BrN4. The lowest BCUT2D eigenvalue weighted by Crippen LogP contribution is -2.53. The number of nitrogens with zero attached hydrogens (tertiary/aromatic N) is 4. The van der Waals surface area contributed by atoms with E-state index < -0.39 is 0 Å². The Labute approximate surface area is 130 Å². The third-order valence-corrected chi connectivity index (χ3v) is 4.16. The largest absolute Gasteiger partial charge is 0.354 e. The number of aryl methyl sites for hydroxylation is 1. The van der Waals surface area contributed by atoms with Gasteiger partial charge in [-0.2, -0.15) is 0 Å². The lowest BCUT2D eigenvalue weighted by molar-refractivity contribution is 0.128. The van der Waals surface area contributed by atoms with Crippen molar-refractivity contribution in [1.29, 1.82) is 0 Å². The Morgan fingerprint density at radius 3 is 2.35 bits per heavy atom. The molecule has 0 spiro atoms. The predicted molar refractivity (Wildman–Crippen MR) is 87.3 cm³/mol. The molecule has 1 saturated heterocycles. The van der Waals surface area contributed by atoms with Crippen LogP contribution >= 0.6 is 15.9 Å². The summed E-state index contributed by atoms with van der Waals surface area (Å²) in [5, 5.41) is 0. The number of hydrogen-bond acceptors (Lipinski definition) is 4. The Morgan fingerprint density at radius 2 is 1.80 bits per heavy atom. The highest BCUT2D eigenvalue weighted by Crippen LogP contribution is 2.21. The first-order valence-corrected chi connectivity index (χ1v) is 8.23. The summed E-state index contributed by atoms with van der Waals surface area (Å²) in [5.41, 5.74) is 0.256. The topological polar surface area (TPSA) is 32.3 Å². The van der Waals surface area contributed by atoms with Crippen LogP contribution in [-0.2, 0) is 6.42 Å². The summed E-state index contributed by atoms with van der Waals surface area (Å²) >= 11 is 3.51. The van der Waals surface area contributed by atoms with Crippen LogP contribution in [0.15, 0.2) is 10.7 Å². The Hall–Kier alpha value is -0.680. The molecule has 5 heteroatoms. The second kappa shape index (κ2) is 6.39. The molecule has 1 aliphatic rings. The van der Waals surface area contributed by atoms with Crippen molar-refractivity contribution < 1.29 is 0 Å². The van der Waals surface area contributed by atoms with Crippen LogP contribution in [0, 0.1) is 0 Å². The zero-order valence-electron chi connectivity index (χ0n) is 13.0. The number of hydrogen-bond donors (Lipinski definition) is 0. The molecule has 0 atom stereocenters. The van der Waals surface area contributed by atoms with Gasteiger partial charge in [-0.1, -0.05) is 6.92 Å². The lowest BCUT2D eigenvalue weighted by atomic mass is 10.1. The van der Waals surface area contributed by atoms with Gasteiger partial charge in [-0.25, -0.2) is 9.97 Å². The van der Waals surface area contributed by atoms with Crippen LogP contribution in [0.25, 0.3) is 0 Å². The third kappa shape index (κ3) is 3.92. The number of piperazine rings is 1. The van der Waals surface area contributed by atoms with E-state index in [1.165, 1.54) is 0 Å². The van der Waals surface area contributed by atoms with Crippen LogP contribution in [0.5, 0.6) is 0 Å². The van der Waals surface area contributed by atoms with Crippen LogP contribution in [0.4, 0.5) is 5.82 Å². The molecule has 0 radical (unpaired) electrons. The Kier molecular flexibility index (Phi) is 5.02. The highest BCUT2D eigenvalue weighted by molar-refractivity contribution is 9.10. The highest BCUT2D eigenvalue weighted by Gasteiger charge is 2.26. The van der Waals surface area contributed by atoms with Crippen molar-refractivity contribution in [3.63, 3.8) is 0 Å². The summed E-state index contributed by atoms with van der Waals surface area (Å²) in [5.74, 6) is 2.00. The standard InChI is InChI=1S/C15H25BrN4/c1-5-6-13-17-12(16)11-14(18-13)19-7-9-20(10-8-19)15(2,3)4/h11H,5-10H2,1-4H3. The number of anilines is 1. The molecule has 4 nitrogen and oxygen atoms in total. The smallest absolute Gasteiger partial charge is 0.133 e. The van der Waals surface area contributed by atoms with E-state index in [1.54, 1.807) is 0 Å². The molecule has 0 unspecified atom stereocenters. The minimum Gasteiger partial charge on any atom is -0.354 e. The molecule has 1 aromatic heterocycles. The van der Waals surface area contributed by atoms with Gasteiger partial charge in [0.05, 0.1) is 0 Å². The van der Waals surface area contributed by atoms with E-state index in [2.05, 4.69) is 58.4 Å². The molecule has 20 heavy (non-hydrogen) atoms. The first-order chi connectivity index (χ1) is 9.40. The SMILES string of the molecule is CCCc1nc(Br)cc(N2CCN(C(C)(C)C)CC2)n1. The minimum absolute atomic E-state index is 0.256. The Morgan fingerprint density at radius 1 is 1.15 bits per heavy atom. The number of aromatic nitrogens is 2. The molecule has 1 fully saturated rings. The Bertz CT molecular complexity index is 448. The van der Waals surface area contributed by atoms with Gasteiger partial charge in [0, 0.05) is 44.2 Å². The molecule has 0 bridgehead atoms. The fourth-order valence-corrected chi connectivity index (χ4v) is 2.96. The van der Waals surface area contributed by atoms with Gasteiger partial charge in [0.2, 0.25) is 0 Å². The van der Waals surface area contributed by atoms with E-state index >= 15 is 0 Å². The second-order valence-corrected chi connectivity index (χ2v) is 7.17. The van der Waals surface area contributed by atoms with E-state index in [4.69, 9.17) is 4.98 Å². The molecule has 0 saturated carbocycles. The molecule has 0 aliphatic carbocycles. The average molecular weight is 341 g/mol. The van der Waals surface area contributed by atoms with E-state index in [0.29, 0.717) is 0 Å². The number of rotatable bonds is 3. The summed E-state index contributed by atoms with van der Waals surface area (Å²) in [4.78, 5) is 14.0. The first kappa shape index (κ1) is 15.7. The monoisotopic (exact) mass is 340 g/mol. The van der Waals surface area contributed by atoms with Gasteiger partial charge in [0.25, 0.3) is 0 Å². The molecule has 1 aliphatic heterocycles. The molecule has 2 heterocycles. The van der Waals surface area contributed by atoms with Crippen LogP contribution in [0.2, 0.25) is 0 Å². The zero-order valence-corrected chi connectivity index (χ0v) is 14.6. The summed E-state index contributed by atoms with van der Waals surface area (Å²) in [7, 11) is 0. The van der Waals surface area contributed by atoms with Gasteiger partial charge in [0.15, 0.2) is 0 Å². The molecule has 0 aromatic carbocycles. The van der Waals surface area contributed by atoms with Crippen molar-refractivity contribution >= 4 is 21.7 Å². The maximum absolute atomic E-state index is 4.70. The van der Waals surface area contributed by atoms with Gasteiger partial charge in [-0.05, 0) is 43.1 Å². The van der Waals surface area contributed by atoms with Crippen LogP contribution in [-0.4, -0.2) is 46.6 Å². The maximum Gasteiger partial charge on any atom is 0.133 e. The summed E-state index contributed by atoms with van der Waals surface area (Å²) in [6.07, 6.45) is 2.02. The van der Waals surface area contributed by atoms with E-state index in [9.17, 15) is 0 Å². The van der Waals surface area contributed by atoms with Crippen LogP contribution in [0.1, 0.15) is 39.9 Å². The molecule has 1 aromatic rings. The number of halogens is 1. The van der Waals surface area contributed by atoms with Crippen molar-refractivity contribution in [1.82, 2.24) is 14.9 Å². The van der Waals surface area contributed by atoms with Crippen molar-refractivity contribution in [3.8, 4) is 0 Å². The Balaban J connectivity index is 2.07. The van der Waals surface area contributed by atoms with Crippen molar-refractivity contribution in [2.75, 3.05) is 31.1 Å². The molecule has 112 valence electrons. The molecule has 2 rings (SSSR count). The van der Waals surface area contributed by atoms with E-state index in [-0.39, 0.29) is 5.54 Å². The normalized spacial score (nSPS) is 17.6. The lowest BCUT2D eigenvalue weighted by Gasteiger charge is -2.42. The molecular weight excluding hydrogens is 316 g/mol. The fourth-order valence-electron chi connectivity index (χ4n) is 2.56.